The van der Waals surface area contributed by atoms with E-state index in [0.717, 1.165) is 10.4 Å². The summed E-state index contributed by atoms with van der Waals surface area (Å²) >= 11 is 7.47. The second-order valence-corrected chi connectivity index (χ2v) is 9.58. The average Bonchev–Trinajstić information content (AvgIpc) is 3.01. The Morgan fingerprint density at radius 2 is 1.92 bits per heavy atom. The second kappa shape index (κ2) is 6.23. The number of rotatable bonds is 2. The molecule has 132 valence electrons. The van der Waals surface area contributed by atoms with Crippen LogP contribution in [-0.2, 0) is 15.6 Å². The summed E-state index contributed by atoms with van der Waals surface area (Å²) in [6.07, 6.45) is 0. The SMILES string of the molecule is Cc1ccc(NC(=O)c2cc3c(s2)-c2ccccc2S(=O)(=O)C3)c(Cl)c1. The number of sulfone groups is 1. The molecule has 0 saturated carbocycles. The molecule has 4 nitrogen and oxygen atoms in total. The quantitative estimate of drug-likeness (QED) is 0.660. The fourth-order valence-electron chi connectivity index (χ4n) is 2.99. The zero-order valence-electron chi connectivity index (χ0n) is 13.7. The summed E-state index contributed by atoms with van der Waals surface area (Å²) in [5.74, 6) is -0.390. The first-order chi connectivity index (χ1) is 12.3. The summed E-state index contributed by atoms with van der Waals surface area (Å²) in [5, 5.41) is 3.26. The van der Waals surface area contributed by atoms with Crippen LogP contribution in [0.3, 0.4) is 0 Å². The van der Waals surface area contributed by atoms with E-state index in [4.69, 9.17) is 11.6 Å². The van der Waals surface area contributed by atoms with Crippen LogP contribution in [0.4, 0.5) is 5.69 Å². The molecule has 1 N–H and O–H groups in total. The van der Waals surface area contributed by atoms with Gasteiger partial charge in [0.2, 0.25) is 0 Å². The van der Waals surface area contributed by atoms with Crippen molar-refractivity contribution >= 4 is 44.4 Å². The summed E-state index contributed by atoms with van der Waals surface area (Å²) in [7, 11) is -3.38. The van der Waals surface area contributed by atoms with Crippen LogP contribution in [0, 0.1) is 6.92 Å². The molecular formula is C19H14ClNO3S2. The molecule has 0 atom stereocenters. The van der Waals surface area contributed by atoms with Crippen LogP contribution >= 0.6 is 22.9 Å². The van der Waals surface area contributed by atoms with Crippen molar-refractivity contribution in [1.29, 1.82) is 0 Å². The predicted molar refractivity (Wildman–Crippen MR) is 105 cm³/mol. The number of carbonyl (C=O) groups excluding carboxylic acids is 1. The molecule has 1 aliphatic rings. The molecule has 3 aromatic rings. The van der Waals surface area contributed by atoms with Crippen molar-refractivity contribution in [1.82, 2.24) is 0 Å². The summed E-state index contributed by atoms with van der Waals surface area (Å²) < 4.78 is 24.9. The van der Waals surface area contributed by atoms with Crippen LogP contribution in [0.25, 0.3) is 10.4 Å². The van der Waals surface area contributed by atoms with Gasteiger partial charge >= 0.3 is 0 Å². The molecule has 0 bridgehead atoms. The lowest BCUT2D eigenvalue weighted by molar-refractivity contribution is 0.103. The highest BCUT2D eigenvalue weighted by molar-refractivity contribution is 7.91. The molecule has 1 aliphatic heterocycles. The highest BCUT2D eigenvalue weighted by Gasteiger charge is 2.30. The molecule has 7 heteroatoms. The van der Waals surface area contributed by atoms with E-state index in [1.807, 2.05) is 13.0 Å². The Morgan fingerprint density at radius 1 is 1.15 bits per heavy atom. The van der Waals surface area contributed by atoms with Gasteiger partial charge in [0.1, 0.15) is 0 Å². The van der Waals surface area contributed by atoms with Crippen LogP contribution < -0.4 is 5.32 Å². The van der Waals surface area contributed by atoms with Crippen LogP contribution in [0.15, 0.2) is 53.4 Å². The largest absolute Gasteiger partial charge is 0.320 e. The number of hydrogen-bond acceptors (Lipinski definition) is 4. The number of halogens is 1. The molecule has 1 aromatic heterocycles. The normalized spacial score (nSPS) is 14.4. The fraction of sp³-hybridized carbons (Fsp3) is 0.105. The number of carbonyl (C=O) groups is 1. The molecule has 1 amide bonds. The van der Waals surface area contributed by atoms with Crippen LogP contribution in [0.2, 0.25) is 5.02 Å². The van der Waals surface area contributed by atoms with Crippen LogP contribution in [0.1, 0.15) is 20.8 Å². The lowest BCUT2D eigenvalue weighted by Crippen LogP contribution is -2.11. The fourth-order valence-corrected chi connectivity index (χ4v) is 6.13. The maximum Gasteiger partial charge on any atom is 0.265 e. The van der Waals surface area contributed by atoms with Crippen molar-refractivity contribution in [2.45, 2.75) is 17.6 Å². The molecule has 0 aliphatic carbocycles. The molecule has 0 fully saturated rings. The monoisotopic (exact) mass is 403 g/mol. The minimum atomic E-state index is -3.38. The summed E-state index contributed by atoms with van der Waals surface area (Å²) in [5.41, 5.74) is 2.85. The zero-order valence-corrected chi connectivity index (χ0v) is 16.1. The zero-order chi connectivity index (χ0) is 18.5. The van der Waals surface area contributed by atoms with Gasteiger partial charge in [-0.25, -0.2) is 8.42 Å². The number of nitrogens with one attached hydrogen (secondary N) is 1. The van der Waals surface area contributed by atoms with Crippen molar-refractivity contribution in [3.63, 3.8) is 0 Å². The highest BCUT2D eigenvalue weighted by atomic mass is 35.5. The highest BCUT2D eigenvalue weighted by Crippen LogP contribution is 2.42. The molecule has 0 radical (unpaired) electrons. The van der Waals surface area contributed by atoms with Gasteiger partial charge in [-0.05, 0) is 42.3 Å². The third-order valence-corrected chi connectivity index (χ3v) is 7.46. The molecule has 26 heavy (non-hydrogen) atoms. The van der Waals surface area contributed by atoms with Crippen molar-refractivity contribution in [3.8, 4) is 10.4 Å². The smallest absolute Gasteiger partial charge is 0.265 e. The minimum Gasteiger partial charge on any atom is -0.320 e. The Morgan fingerprint density at radius 3 is 2.69 bits per heavy atom. The van der Waals surface area contributed by atoms with E-state index in [2.05, 4.69) is 5.32 Å². The van der Waals surface area contributed by atoms with Crippen molar-refractivity contribution in [2.24, 2.45) is 0 Å². The third-order valence-electron chi connectivity index (χ3n) is 4.22. The maximum absolute atomic E-state index is 12.6. The minimum absolute atomic E-state index is 0.0889. The van der Waals surface area contributed by atoms with Gasteiger partial charge in [-0.3, -0.25) is 4.79 Å². The first kappa shape index (κ1) is 17.3. The Labute approximate surface area is 160 Å². The van der Waals surface area contributed by atoms with E-state index < -0.39 is 9.84 Å². The Kier molecular flexibility index (Phi) is 4.14. The number of benzene rings is 2. The number of amides is 1. The number of hydrogen-bond donors (Lipinski definition) is 1. The molecule has 0 saturated heterocycles. The van der Waals surface area contributed by atoms with Crippen molar-refractivity contribution in [2.75, 3.05) is 5.32 Å². The molecule has 2 heterocycles. The van der Waals surface area contributed by atoms with Gasteiger partial charge in [0.25, 0.3) is 5.91 Å². The maximum atomic E-state index is 12.6. The van der Waals surface area contributed by atoms with E-state index in [1.54, 1.807) is 42.5 Å². The van der Waals surface area contributed by atoms with Crippen molar-refractivity contribution in [3.05, 3.63) is 69.6 Å². The van der Waals surface area contributed by atoms with Crippen molar-refractivity contribution < 1.29 is 13.2 Å². The average molecular weight is 404 g/mol. The summed E-state index contributed by atoms with van der Waals surface area (Å²) in [4.78, 5) is 14.2. The summed E-state index contributed by atoms with van der Waals surface area (Å²) in [6, 6.07) is 14.0. The van der Waals surface area contributed by atoms with Gasteiger partial charge in [0.05, 0.1) is 26.2 Å². The van der Waals surface area contributed by atoms with E-state index in [0.29, 0.717) is 31.6 Å². The number of thiophene rings is 1. The third kappa shape index (κ3) is 2.94. The van der Waals surface area contributed by atoms with Crippen LogP contribution in [-0.4, -0.2) is 14.3 Å². The molecule has 4 rings (SSSR count). The first-order valence-corrected chi connectivity index (χ1v) is 10.7. The molecule has 0 unspecified atom stereocenters. The van der Waals surface area contributed by atoms with E-state index in [-0.39, 0.29) is 11.7 Å². The lowest BCUT2D eigenvalue weighted by atomic mass is 10.1. The van der Waals surface area contributed by atoms with Gasteiger partial charge < -0.3 is 5.32 Å². The van der Waals surface area contributed by atoms with Crippen LogP contribution in [0.5, 0.6) is 0 Å². The Hall–Kier alpha value is -2.15. The Balaban J connectivity index is 1.71. The van der Waals surface area contributed by atoms with Gasteiger partial charge in [0.15, 0.2) is 9.84 Å². The number of anilines is 1. The second-order valence-electron chi connectivity index (χ2n) is 6.16. The topological polar surface area (TPSA) is 63.2 Å². The number of fused-ring (bicyclic) bond motifs is 3. The van der Waals surface area contributed by atoms with Gasteiger partial charge in [0, 0.05) is 10.4 Å². The van der Waals surface area contributed by atoms with E-state index >= 15 is 0 Å². The number of aryl methyl sites for hydroxylation is 1. The lowest BCUT2D eigenvalue weighted by Gasteiger charge is -2.15. The molecular weight excluding hydrogens is 390 g/mol. The van der Waals surface area contributed by atoms with Gasteiger partial charge in [-0.15, -0.1) is 11.3 Å². The molecule has 2 aromatic carbocycles. The first-order valence-electron chi connectivity index (χ1n) is 7.87. The summed E-state index contributed by atoms with van der Waals surface area (Å²) in [6.45, 7) is 1.92. The van der Waals surface area contributed by atoms with E-state index in [9.17, 15) is 13.2 Å². The van der Waals surface area contributed by atoms with E-state index in [1.165, 1.54) is 11.3 Å². The van der Waals surface area contributed by atoms with Gasteiger partial charge in [-0.1, -0.05) is 35.9 Å². The molecule has 0 spiro atoms. The predicted octanol–water partition coefficient (Wildman–Crippen LogP) is 4.92. The Bertz CT molecular complexity index is 1150. The van der Waals surface area contributed by atoms with Gasteiger partial charge in [-0.2, -0.15) is 0 Å². The standard InChI is InChI=1S/C19H14ClNO3S2/c1-11-6-7-15(14(20)8-11)21-19(22)16-9-12-10-26(23,24)17-5-3-2-4-13(17)18(12)25-16/h2-9H,10H2,1H3,(H,21,22).